The predicted octanol–water partition coefficient (Wildman–Crippen LogP) is 0.603. The number of carbonyl (C=O) groups excluding carboxylic acids is 1. The zero-order chi connectivity index (χ0) is 12.7. The Morgan fingerprint density at radius 1 is 1.53 bits per heavy atom. The fourth-order valence-corrected chi connectivity index (χ4v) is 2.07. The van der Waals surface area contributed by atoms with Crippen LogP contribution in [0.1, 0.15) is 32.6 Å². The molecule has 2 atom stereocenters. The first-order chi connectivity index (χ1) is 8.13. The third kappa shape index (κ3) is 5.17. The Bertz CT molecular complexity index is 262. The Labute approximate surface area is 102 Å². The highest BCUT2D eigenvalue weighted by Gasteiger charge is 2.21. The first kappa shape index (κ1) is 14.0. The van der Waals surface area contributed by atoms with Gasteiger partial charge in [-0.3, -0.25) is 9.59 Å². The molecule has 2 unspecified atom stereocenters. The summed E-state index contributed by atoms with van der Waals surface area (Å²) in [5.74, 6) is -0.662. The maximum atomic E-state index is 11.8. The summed E-state index contributed by atoms with van der Waals surface area (Å²) in [5, 5.41) is 14.8. The van der Waals surface area contributed by atoms with Gasteiger partial charge in [0.25, 0.3) is 0 Å². The molecule has 1 amide bonds. The van der Waals surface area contributed by atoms with Crippen molar-refractivity contribution in [1.82, 2.24) is 10.6 Å². The van der Waals surface area contributed by atoms with Crippen LogP contribution in [0.25, 0.3) is 0 Å². The van der Waals surface area contributed by atoms with E-state index in [9.17, 15) is 9.59 Å². The van der Waals surface area contributed by atoms with E-state index in [-0.39, 0.29) is 24.2 Å². The molecule has 1 heterocycles. The molecule has 0 aromatic carbocycles. The molecule has 5 nitrogen and oxygen atoms in total. The summed E-state index contributed by atoms with van der Waals surface area (Å²) in [6.07, 6.45) is 2.86. The van der Waals surface area contributed by atoms with Gasteiger partial charge in [-0.15, -0.1) is 0 Å². The van der Waals surface area contributed by atoms with Gasteiger partial charge in [0.2, 0.25) is 5.91 Å². The van der Waals surface area contributed by atoms with Crippen molar-refractivity contribution < 1.29 is 14.7 Å². The lowest BCUT2D eigenvalue weighted by molar-refractivity contribution is -0.138. The molecule has 1 saturated heterocycles. The van der Waals surface area contributed by atoms with E-state index in [4.69, 9.17) is 5.11 Å². The number of hydrogen-bond donors (Lipinski definition) is 3. The minimum atomic E-state index is -0.801. The molecule has 0 aromatic rings. The first-order valence-corrected chi connectivity index (χ1v) is 6.33. The third-order valence-corrected chi connectivity index (χ3v) is 3.27. The van der Waals surface area contributed by atoms with Crippen LogP contribution in [0.2, 0.25) is 0 Å². The van der Waals surface area contributed by atoms with Gasteiger partial charge in [-0.2, -0.15) is 0 Å². The second-order valence-electron chi connectivity index (χ2n) is 4.66. The molecule has 1 fully saturated rings. The van der Waals surface area contributed by atoms with Crippen LogP contribution in [-0.2, 0) is 9.59 Å². The molecule has 5 heteroatoms. The quantitative estimate of drug-likeness (QED) is 0.637. The fourth-order valence-electron chi connectivity index (χ4n) is 2.07. The van der Waals surface area contributed by atoms with Gasteiger partial charge in [0.05, 0.1) is 5.92 Å². The molecule has 1 aliphatic rings. The van der Waals surface area contributed by atoms with Gasteiger partial charge >= 0.3 is 5.97 Å². The van der Waals surface area contributed by atoms with Crippen molar-refractivity contribution in [2.45, 2.75) is 32.6 Å². The summed E-state index contributed by atoms with van der Waals surface area (Å²) in [6, 6.07) is 0. The molecule has 1 rings (SSSR count). The molecule has 0 bridgehead atoms. The molecule has 0 radical (unpaired) electrons. The maximum absolute atomic E-state index is 11.8. The lowest BCUT2D eigenvalue weighted by Gasteiger charge is -2.23. The van der Waals surface area contributed by atoms with Gasteiger partial charge in [0.1, 0.15) is 0 Å². The van der Waals surface area contributed by atoms with Crippen molar-refractivity contribution >= 4 is 11.9 Å². The van der Waals surface area contributed by atoms with Gasteiger partial charge < -0.3 is 15.7 Å². The molecule has 0 saturated carbocycles. The summed E-state index contributed by atoms with van der Waals surface area (Å²) >= 11 is 0. The van der Waals surface area contributed by atoms with Crippen molar-refractivity contribution in [1.29, 1.82) is 0 Å². The number of amides is 1. The van der Waals surface area contributed by atoms with E-state index < -0.39 is 5.97 Å². The number of piperidine rings is 1. The van der Waals surface area contributed by atoms with Crippen LogP contribution >= 0.6 is 0 Å². The smallest absolute Gasteiger partial charge is 0.303 e. The SMILES string of the molecule is CCC(CNC(=O)C1CCCNC1)CC(=O)O. The average molecular weight is 242 g/mol. The molecule has 1 aliphatic heterocycles. The monoisotopic (exact) mass is 242 g/mol. The van der Waals surface area contributed by atoms with Crippen molar-refractivity contribution in [2.75, 3.05) is 19.6 Å². The molecule has 0 aromatic heterocycles. The summed E-state index contributed by atoms with van der Waals surface area (Å²) in [4.78, 5) is 22.4. The van der Waals surface area contributed by atoms with Crippen molar-refractivity contribution in [2.24, 2.45) is 11.8 Å². The van der Waals surface area contributed by atoms with E-state index in [0.717, 1.165) is 32.4 Å². The van der Waals surface area contributed by atoms with Crippen LogP contribution in [0.4, 0.5) is 0 Å². The Kier molecular flexibility index (Phi) is 5.97. The van der Waals surface area contributed by atoms with E-state index in [0.29, 0.717) is 6.54 Å². The molecule has 0 spiro atoms. The second kappa shape index (κ2) is 7.27. The van der Waals surface area contributed by atoms with Crippen LogP contribution in [0, 0.1) is 11.8 Å². The van der Waals surface area contributed by atoms with Crippen LogP contribution < -0.4 is 10.6 Å². The van der Waals surface area contributed by atoms with Gasteiger partial charge in [-0.1, -0.05) is 13.3 Å². The number of carbonyl (C=O) groups is 2. The van der Waals surface area contributed by atoms with E-state index in [1.54, 1.807) is 0 Å². The maximum Gasteiger partial charge on any atom is 0.303 e. The normalized spacial score (nSPS) is 21.8. The van der Waals surface area contributed by atoms with E-state index in [1.807, 2.05) is 6.92 Å². The Balaban J connectivity index is 2.27. The predicted molar refractivity (Wildman–Crippen MR) is 64.6 cm³/mol. The molecule has 98 valence electrons. The summed E-state index contributed by atoms with van der Waals surface area (Å²) in [5.41, 5.74) is 0. The largest absolute Gasteiger partial charge is 0.481 e. The minimum Gasteiger partial charge on any atom is -0.481 e. The molecule has 3 N–H and O–H groups in total. The van der Waals surface area contributed by atoms with Crippen molar-refractivity contribution in [3.8, 4) is 0 Å². The van der Waals surface area contributed by atoms with Gasteiger partial charge in [0, 0.05) is 19.5 Å². The lowest BCUT2D eigenvalue weighted by atomic mass is 9.97. The minimum absolute atomic E-state index is 0.0352. The Morgan fingerprint density at radius 2 is 2.29 bits per heavy atom. The van der Waals surface area contributed by atoms with E-state index in [1.165, 1.54) is 0 Å². The third-order valence-electron chi connectivity index (χ3n) is 3.27. The highest BCUT2D eigenvalue weighted by molar-refractivity contribution is 5.79. The highest BCUT2D eigenvalue weighted by atomic mass is 16.4. The fraction of sp³-hybridized carbons (Fsp3) is 0.833. The molecule has 0 aliphatic carbocycles. The second-order valence-corrected chi connectivity index (χ2v) is 4.66. The van der Waals surface area contributed by atoms with Crippen LogP contribution in [0.5, 0.6) is 0 Å². The highest BCUT2D eigenvalue weighted by Crippen LogP contribution is 2.11. The van der Waals surface area contributed by atoms with Crippen molar-refractivity contribution in [3.05, 3.63) is 0 Å². The standard InChI is InChI=1S/C12H22N2O3/c1-2-9(6-11(15)16)7-14-12(17)10-4-3-5-13-8-10/h9-10,13H,2-8H2,1H3,(H,14,17)(H,15,16). The Hall–Kier alpha value is -1.10. The summed E-state index contributed by atoms with van der Waals surface area (Å²) < 4.78 is 0. The number of nitrogens with one attached hydrogen (secondary N) is 2. The van der Waals surface area contributed by atoms with E-state index >= 15 is 0 Å². The Morgan fingerprint density at radius 3 is 2.82 bits per heavy atom. The number of hydrogen-bond acceptors (Lipinski definition) is 3. The molecular formula is C12H22N2O3. The zero-order valence-corrected chi connectivity index (χ0v) is 10.4. The summed E-state index contributed by atoms with van der Waals surface area (Å²) in [6.45, 7) is 4.14. The zero-order valence-electron chi connectivity index (χ0n) is 10.4. The van der Waals surface area contributed by atoms with Gasteiger partial charge in [0.15, 0.2) is 0 Å². The van der Waals surface area contributed by atoms with Crippen LogP contribution in [-0.4, -0.2) is 36.6 Å². The van der Waals surface area contributed by atoms with Gasteiger partial charge in [-0.05, 0) is 25.3 Å². The topological polar surface area (TPSA) is 78.4 Å². The molecule has 17 heavy (non-hydrogen) atoms. The number of aliphatic carboxylic acids is 1. The first-order valence-electron chi connectivity index (χ1n) is 6.33. The van der Waals surface area contributed by atoms with Crippen molar-refractivity contribution in [3.63, 3.8) is 0 Å². The number of carboxylic acids is 1. The average Bonchev–Trinajstić information content (AvgIpc) is 2.34. The number of carboxylic acid groups (broad SMARTS) is 1. The van der Waals surface area contributed by atoms with Crippen LogP contribution in [0.3, 0.4) is 0 Å². The molecular weight excluding hydrogens is 220 g/mol. The van der Waals surface area contributed by atoms with E-state index in [2.05, 4.69) is 10.6 Å². The lowest BCUT2D eigenvalue weighted by Crippen LogP contribution is -2.42. The summed E-state index contributed by atoms with van der Waals surface area (Å²) in [7, 11) is 0. The van der Waals surface area contributed by atoms with Gasteiger partial charge in [-0.25, -0.2) is 0 Å². The number of rotatable bonds is 6. The van der Waals surface area contributed by atoms with Crippen LogP contribution in [0.15, 0.2) is 0 Å².